The second-order valence-electron chi connectivity index (χ2n) is 8.13. The van der Waals surface area contributed by atoms with Gasteiger partial charge < -0.3 is 14.6 Å². The van der Waals surface area contributed by atoms with Gasteiger partial charge in [-0.15, -0.1) is 0 Å². The molecule has 3 heterocycles. The van der Waals surface area contributed by atoms with Gasteiger partial charge in [0.1, 0.15) is 10.8 Å². The first-order valence-electron chi connectivity index (χ1n) is 10.9. The second-order valence-corrected chi connectivity index (χ2v) is 9.63. The predicted octanol–water partition coefficient (Wildman–Crippen LogP) is 6.40. The van der Waals surface area contributed by atoms with Crippen molar-refractivity contribution in [3.63, 3.8) is 0 Å². The van der Waals surface area contributed by atoms with Crippen molar-refractivity contribution in [3.8, 4) is 5.75 Å². The third kappa shape index (κ3) is 4.59. The molecule has 0 aliphatic carbocycles. The summed E-state index contributed by atoms with van der Waals surface area (Å²) in [6.45, 7) is 1.44. The molecule has 1 N–H and O–H groups in total. The highest BCUT2D eigenvalue weighted by atomic mass is 35.5. The van der Waals surface area contributed by atoms with Crippen molar-refractivity contribution in [1.29, 1.82) is 0 Å². The third-order valence-electron chi connectivity index (χ3n) is 6.17. The van der Waals surface area contributed by atoms with Crippen LogP contribution in [0.25, 0.3) is 10.9 Å². The van der Waals surface area contributed by atoms with Crippen LogP contribution in [0.5, 0.6) is 5.75 Å². The summed E-state index contributed by atoms with van der Waals surface area (Å²) in [7, 11) is 1.69. The number of aromatic nitrogens is 2. The third-order valence-corrected chi connectivity index (χ3v) is 7.45. The maximum atomic E-state index is 13.4. The zero-order chi connectivity index (χ0) is 22.8. The number of methoxy groups -OCH3 is 1. The maximum Gasteiger partial charge on any atom is 0.256 e. The van der Waals surface area contributed by atoms with E-state index >= 15 is 0 Å². The molecule has 1 aliphatic rings. The van der Waals surface area contributed by atoms with Gasteiger partial charge in [0.15, 0.2) is 0 Å². The molecule has 5 rings (SSSR count). The lowest BCUT2D eigenvalue weighted by Crippen LogP contribution is -2.38. The van der Waals surface area contributed by atoms with E-state index in [1.54, 1.807) is 13.3 Å². The van der Waals surface area contributed by atoms with Gasteiger partial charge >= 0.3 is 0 Å². The normalized spacial score (nSPS) is 14.5. The number of hydrogen-bond acceptors (Lipinski definition) is 4. The van der Waals surface area contributed by atoms with E-state index in [0.29, 0.717) is 16.5 Å². The summed E-state index contributed by atoms with van der Waals surface area (Å²) >= 11 is 7.49. The summed E-state index contributed by atoms with van der Waals surface area (Å²) in [5.74, 6) is 1.31. The van der Waals surface area contributed by atoms with Crippen molar-refractivity contribution < 1.29 is 9.53 Å². The molecule has 33 heavy (non-hydrogen) atoms. The molecule has 0 radical (unpaired) electrons. The molecular formula is C26H24ClN3O2S. The van der Waals surface area contributed by atoms with Crippen LogP contribution in [-0.4, -0.2) is 41.0 Å². The molecular weight excluding hydrogens is 454 g/mol. The topological polar surface area (TPSA) is 58.2 Å². The molecule has 7 heteroatoms. The van der Waals surface area contributed by atoms with Crippen LogP contribution in [0.15, 0.2) is 76.9 Å². The van der Waals surface area contributed by atoms with Crippen molar-refractivity contribution in [1.82, 2.24) is 14.9 Å². The van der Waals surface area contributed by atoms with Crippen LogP contribution in [0.1, 0.15) is 34.7 Å². The summed E-state index contributed by atoms with van der Waals surface area (Å²) in [6.07, 6.45) is 5.69. The number of H-pyrrole nitrogens is 1. The number of hydrogen-bond donors (Lipinski definition) is 1. The van der Waals surface area contributed by atoms with E-state index in [2.05, 4.69) is 28.3 Å². The lowest BCUT2D eigenvalue weighted by atomic mass is 9.89. The molecule has 4 aromatic rings. The monoisotopic (exact) mass is 477 g/mol. The number of fused-ring (bicyclic) bond motifs is 1. The van der Waals surface area contributed by atoms with Crippen molar-refractivity contribution in [3.05, 3.63) is 83.1 Å². The Morgan fingerprint density at radius 3 is 2.70 bits per heavy atom. The van der Waals surface area contributed by atoms with Crippen molar-refractivity contribution in [2.75, 3.05) is 20.2 Å². The van der Waals surface area contributed by atoms with Crippen molar-refractivity contribution in [2.45, 2.75) is 28.7 Å². The number of nitrogens with one attached hydrogen (secondary N) is 1. The number of carbonyl (C=O) groups is 1. The van der Waals surface area contributed by atoms with E-state index in [0.717, 1.165) is 47.1 Å². The smallest absolute Gasteiger partial charge is 0.256 e. The summed E-state index contributed by atoms with van der Waals surface area (Å²) in [5, 5.41) is 2.61. The lowest BCUT2D eigenvalue weighted by Gasteiger charge is -2.32. The molecule has 2 aromatic carbocycles. The minimum absolute atomic E-state index is 0.0404. The van der Waals surface area contributed by atoms with Crippen molar-refractivity contribution in [2.24, 2.45) is 0 Å². The van der Waals surface area contributed by atoms with Crippen molar-refractivity contribution >= 4 is 40.2 Å². The number of likely N-dealkylation sites (tertiary alicyclic amines) is 1. The van der Waals surface area contributed by atoms with Crippen LogP contribution in [0, 0.1) is 0 Å². The molecule has 0 spiro atoms. The number of aromatic amines is 1. The van der Waals surface area contributed by atoms with Gasteiger partial charge in [-0.05, 0) is 78.9 Å². The second kappa shape index (κ2) is 9.49. The van der Waals surface area contributed by atoms with Crippen LogP contribution >= 0.6 is 23.4 Å². The SMILES string of the molecule is COc1ccc2[nH]cc(C3CCN(C(=O)c4cccnc4Sc4ccc(Cl)cc4)CC3)c2c1. The highest BCUT2D eigenvalue weighted by Crippen LogP contribution is 2.36. The highest BCUT2D eigenvalue weighted by molar-refractivity contribution is 7.99. The molecule has 1 fully saturated rings. The van der Waals surface area contributed by atoms with Gasteiger partial charge in [-0.25, -0.2) is 4.98 Å². The predicted molar refractivity (Wildman–Crippen MR) is 133 cm³/mol. The number of ether oxygens (including phenoxy) is 1. The van der Waals surface area contributed by atoms with E-state index in [-0.39, 0.29) is 5.91 Å². The lowest BCUT2D eigenvalue weighted by molar-refractivity contribution is 0.0709. The number of pyridine rings is 1. The summed E-state index contributed by atoms with van der Waals surface area (Å²) in [5.41, 5.74) is 3.06. The Balaban J connectivity index is 1.30. The van der Waals surface area contributed by atoms with E-state index in [9.17, 15) is 4.79 Å². The maximum absolute atomic E-state index is 13.4. The molecule has 0 saturated carbocycles. The van der Waals surface area contributed by atoms with Crippen LogP contribution in [0.2, 0.25) is 5.02 Å². The Morgan fingerprint density at radius 1 is 1.15 bits per heavy atom. The van der Waals surface area contributed by atoms with Crippen LogP contribution < -0.4 is 4.74 Å². The highest BCUT2D eigenvalue weighted by Gasteiger charge is 2.27. The Kier molecular flexibility index (Phi) is 6.29. The van der Waals surface area contributed by atoms with Gasteiger partial charge in [-0.3, -0.25) is 4.79 Å². The number of piperidine rings is 1. The standard InChI is InChI=1S/C26H24ClN3O2S/c1-32-19-6-9-24-22(15-19)23(16-29-24)17-10-13-30(14-11-17)26(31)21-3-2-12-28-25(21)33-20-7-4-18(27)5-8-20/h2-9,12,15-17,29H,10-11,13-14H2,1H3. The Morgan fingerprint density at radius 2 is 1.94 bits per heavy atom. The molecule has 5 nitrogen and oxygen atoms in total. The fraction of sp³-hybridized carbons (Fsp3) is 0.231. The molecule has 1 saturated heterocycles. The quantitative estimate of drug-likeness (QED) is 0.361. The molecule has 0 bridgehead atoms. The number of amides is 1. The molecule has 2 aromatic heterocycles. The number of benzene rings is 2. The summed E-state index contributed by atoms with van der Waals surface area (Å²) in [4.78, 5) is 24.2. The van der Waals surface area contributed by atoms with E-state index in [1.807, 2.05) is 47.4 Å². The van der Waals surface area contributed by atoms with Crippen LogP contribution in [0.4, 0.5) is 0 Å². The van der Waals surface area contributed by atoms with Gasteiger partial charge in [0, 0.05) is 46.3 Å². The summed E-state index contributed by atoms with van der Waals surface area (Å²) < 4.78 is 5.41. The molecule has 0 atom stereocenters. The Labute approximate surface area is 202 Å². The Hall–Kier alpha value is -2.96. The fourth-order valence-corrected chi connectivity index (χ4v) is 5.40. The van der Waals surface area contributed by atoms with E-state index in [1.165, 1.54) is 22.7 Å². The van der Waals surface area contributed by atoms with Gasteiger partial charge in [0.25, 0.3) is 5.91 Å². The molecule has 1 amide bonds. The van der Waals surface area contributed by atoms with Gasteiger partial charge in [-0.2, -0.15) is 0 Å². The largest absolute Gasteiger partial charge is 0.497 e. The summed E-state index contributed by atoms with van der Waals surface area (Å²) in [6, 6.07) is 17.4. The number of nitrogens with zero attached hydrogens (tertiary/aromatic N) is 2. The average Bonchev–Trinajstić information content (AvgIpc) is 3.28. The molecule has 1 aliphatic heterocycles. The molecule has 168 valence electrons. The zero-order valence-corrected chi connectivity index (χ0v) is 19.8. The number of carbonyl (C=O) groups excluding carboxylic acids is 1. The number of rotatable bonds is 5. The Bertz CT molecular complexity index is 1280. The fourth-order valence-electron chi connectivity index (χ4n) is 4.40. The van der Waals surface area contributed by atoms with Gasteiger partial charge in [0.05, 0.1) is 12.7 Å². The first kappa shape index (κ1) is 21.9. The van der Waals surface area contributed by atoms with E-state index < -0.39 is 0 Å². The zero-order valence-electron chi connectivity index (χ0n) is 18.3. The van der Waals surface area contributed by atoms with Crippen LogP contribution in [0.3, 0.4) is 0 Å². The minimum Gasteiger partial charge on any atom is -0.497 e. The van der Waals surface area contributed by atoms with Gasteiger partial charge in [0.2, 0.25) is 0 Å². The van der Waals surface area contributed by atoms with E-state index in [4.69, 9.17) is 16.3 Å². The first-order valence-corrected chi connectivity index (χ1v) is 12.1. The minimum atomic E-state index is 0.0404. The van der Waals surface area contributed by atoms with Crippen LogP contribution in [-0.2, 0) is 0 Å². The first-order chi connectivity index (χ1) is 16.1. The average molecular weight is 478 g/mol. The molecule has 0 unspecified atom stereocenters. The number of halogens is 1. The van der Waals surface area contributed by atoms with Gasteiger partial charge in [-0.1, -0.05) is 23.4 Å².